The standard InChI is InChI=1S/C21H24N4O2/c1-16(2)20-18(15-24-25(20)19-11-6-7-12-22-19)21(26)23-13-8-14-27-17-9-4-3-5-10-17/h3-7,9-12,15-16H,8,13-14H2,1-2H3,(H,23,26). The van der Waals surface area contributed by atoms with Crippen molar-refractivity contribution < 1.29 is 9.53 Å². The minimum atomic E-state index is -0.124. The molecule has 1 N–H and O–H groups in total. The maximum atomic E-state index is 12.6. The highest BCUT2D eigenvalue weighted by atomic mass is 16.5. The van der Waals surface area contributed by atoms with Gasteiger partial charge in [0.25, 0.3) is 5.91 Å². The average Bonchev–Trinajstić information content (AvgIpc) is 3.15. The first-order valence-electron chi connectivity index (χ1n) is 9.12. The van der Waals surface area contributed by atoms with Crippen LogP contribution in [0, 0.1) is 0 Å². The number of rotatable bonds is 8. The summed E-state index contributed by atoms with van der Waals surface area (Å²) in [4.78, 5) is 17.0. The predicted octanol–water partition coefficient (Wildman–Crippen LogP) is 3.59. The van der Waals surface area contributed by atoms with E-state index in [9.17, 15) is 4.79 Å². The zero-order chi connectivity index (χ0) is 19.1. The highest BCUT2D eigenvalue weighted by molar-refractivity contribution is 5.95. The van der Waals surface area contributed by atoms with Gasteiger partial charge in [-0.3, -0.25) is 4.79 Å². The molecule has 0 aliphatic heterocycles. The van der Waals surface area contributed by atoms with Gasteiger partial charge in [-0.1, -0.05) is 38.1 Å². The summed E-state index contributed by atoms with van der Waals surface area (Å²) in [5.41, 5.74) is 1.44. The predicted molar refractivity (Wildman–Crippen MR) is 104 cm³/mol. The van der Waals surface area contributed by atoms with Crippen molar-refractivity contribution in [2.24, 2.45) is 0 Å². The van der Waals surface area contributed by atoms with Crippen molar-refractivity contribution in [1.82, 2.24) is 20.1 Å². The van der Waals surface area contributed by atoms with Crippen LogP contribution in [0.4, 0.5) is 0 Å². The van der Waals surface area contributed by atoms with Gasteiger partial charge in [0.05, 0.1) is 24.1 Å². The van der Waals surface area contributed by atoms with Crippen LogP contribution in [-0.2, 0) is 0 Å². The Kier molecular flexibility index (Phi) is 6.20. The summed E-state index contributed by atoms with van der Waals surface area (Å²) < 4.78 is 7.38. The molecule has 0 radical (unpaired) electrons. The smallest absolute Gasteiger partial charge is 0.254 e. The van der Waals surface area contributed by atoms with Crippen LogP contribution in [0.5, 0.6) is 5.75 Å². The molecule has 0 aliphatic carbocycles. The van der Waals surface area contributed by atoms with E-state index in [-0.39, 0.29) is 11.8 Å². The lowest BCUT2D eigenvalue weighted by molar-refractivity contribution is 0.0950. The normalized spacial score (nSPS) is 10.8. The third-order valence-corrected chi connectivity index (χ3v) is 4.08. The molecular formula is C21H24N4O2. The summed E-state index contributed by atoms with van der Waals surface area (Å²) in [6.07, 6.45) is 4.06. The van der Waals surface area contributed by atoms with E-state index in [1.165, 1.54) is 0 Å². The number of hydrogen-bond donors (Lipinski definition) is 1. The second kappa shape index (κ2) is 8.98. The van der Waals surface area contributed by atoms with Crippen LogP contribution in [0.3, 0.4) is 0 Å². The van der Waals surface area contributed by atoms with Crippen LogP contribution in [0.2, 0.25) is 0 Å². The molecule has 6 heteroatoms. The highest BCUT2D eigenvalue weighted by Gasteiger charge is 2.21. The quantitative estimate of drug-likeness (QED) is 0.620. The summed E-state index contributed by atoms with van der Waals surface area (Å²) in [6, 6.07) is 15.3. The van der Waals surface area contributed by atoms with Crippen LogP contribution in [0.1, 0.15) is 42.2 Å². The van der Waals surface area contributed by atoms with Crippen LogP contribution >= 0.6 is 0 Å². The van der Waals surface area contributed by atoms with Gasteiger partial charge in [0, 0.05) is 12.7 Å². The molecule has 0 spiro atoms. The van der Waals surface area contributed by atoms with E-state index in [0.717, 1.165) is 17.9 Å². The van der Waals surface area contributed by atoms with Crippen molar-refractivity contribution in [3.8, 4) is 11.6 Å². The van der Waals surface area contributed by atoms with E-state index >= 15 is 0 Å². The molecule has 0 saturated heterocycles. The molecule has 0 unspecified atom stereocenters. The summed E-state index contributed by atoms with van der Waals surface area (Å²) in [7, 11) is 0. The van der Waals surface area contributed by atoms with E-state index in [4.69, 9.17) is 4.74 Å². The monoisotopic (exact) mass is 364 g/mol. The number of carbonyl (C=O) groups excluding carboxylic acids is 1. The van der Waals surface area contributed by atoms with E-state index in [1.807, 2.05) is 62.4 Å². The third kappa shape index (κ3) is 4.73. The van der Waals surface area contributed by atoms with Crippen LogP contribution in [0.25, 0.3) is 5.82 Å². The fourth-order valence-electron chi connectivity index (χ4n) is 2.83. The topological polar surface area (TPSA) is 69.0 Å². The lowest BCUT2D eigenvalue weighted by Gasteiger charge is -2.12. The molecule has 2 aromatic heterocycles. The number of para-hydroxylation sites is 1. The number of nitrogens with one attached hydrogen (secondary N) is 1. The Balaban J connectivity index is 1.59. The molecule has 0 saturated carbocycles. The fourth-order valence-corrected chi connectivity index (χ4v) is 2.83. The zero-order valence-electron chi connectivity index (χ0n) is 15.6. The second-order valence-electron chi connectivity index (χ2n) is 6.47. The molecule has 27 heavy (non-hydrogen) atoms. The van der Waals surface area contributed by atoms with Gasteiger partial charge in [-0.05, 0) is 36.6 Å². The van der Waals surface area contributed by atoms with Gasteiger partial charge in [-0.25, -0.2) is 9.67 Å². The van der Waals surface area contributed by atoms with Gasteiger partial charge in [-0.15, -0.1) is 0 Å². The van der Waals surface area contributed by atoms with Crippen LogP contribution in [0.15, 0.2) is 60.9 Å². The molecule has 1 aromatic carbocycles. The van der Waals surface area contributed by atoms with Gasteiger partial charge >= 0.3 is 0 Å². The number of amides is 1. The largest absolute Gasteiger partial charge is 0.494 e. The molecule has 0 fully saturated rings. The summed E-state index contributed by atoms with van der Waals surface area (Å²) in [5.74, 6) is 1.55. The third-order valence-electron chi connectivity index (χ3n) is 4.08. The first-order valence-corrected chi connectivity index (χ1v) is 9.12. The molecular weight excluding hydrogens is 340 g/mol. The molecule has 0 bridgehead atoms. The Bertz CT molecular complexity index is 860. The number of carbonyl (C=O) groups is 1. The molecule has 3 rings (SSSR count). The SMILES string of the molecule is CC(C)c1c(C(=O)NCCCOc2ccccc2)cnn1-c1ccccn1. The first kappa shape index (κ1) is 18.6. The lowest BCUT2D eigenvalue weighted by Crippen LogP contribution is -2.26. The van der Waals surface area contributed by atoms with Gasteiger partial charge in [0.15, 0.2) is 5.82 Å². The molecule has 3 aromatic rings. The Labute approximate surface area is 159 Å². The second-order valence-corrected chi connectivity index (χ2v) is 6.47. The molecule has 1 amide bonds. The first-order chi connectivity index (χ1) is 13.2. The van der Waals surface area contributed by atoms with Gasteiger partial charge in [-0.2, -0.15) is 5.10 Å². The number of aromatic nitrogens is 3. The van der Waals surface area contributed by atoms with Crippen molar-refractivity contribution >= 4 is 5.91 Å². The van der Waals surface area contributed by atoms with Crippen molar-refractivity contribution in [3.05, 3.63) is 72.2 Å². The number of hydrogen-bond acceptors (Lipinski definition) is 4. The van der Waals surface area contributed by atoms with Crippen molar-refractivity contribution in [3.63, 3.8) is 0 Å². The minimum absolute atomic E-state index is 0.124. The maximum Gasteiger partial charge on any atom is 0.254 e. The molecule has 2 heterocycles. The number of benzene rings is 1. The molecule has 140 valence electrons. The molecule has 0 aliphatic rings. The van der Waals surface area contributed by atoms with Gasteiger partial charge in [0.2, 0.25) is 0 Å². The van der Waals surface area contributed by atoms with Crippen molar-refractivity contribution in [1.29, 1.82) is 0 Å². The van der Waals surface area contributed by atoms with Crippen molar-refractivity contribution in [2.75, 3.05) is 13.2 Å². The molecule has 6 nitrogen and oxygen atoms in total. The maximum absolute atomic E-state index is 12.6. The van der Waals surface area contributed by atoms with Crippen LogP contribution < -0.4 is 10.1 Å². The van der Waals surface area contributed by atoms with E-state index in [1.54, 1.807) is 17.1 Å². The van der Waals surface area contributed by atoms with E-state index < -0.39 is 0 Å². The minimum Gasteiger partial charge on any atom is -0.494 e. The highest BCUT2D eigenvalue weighted by Crippen LogP contribution is 2.22. The Hall–Kier alpha value is -3.15. The summed E-state index contributed by atoms with van der Waals surface area (Å²) in [6.45, 7) is 5.17. The van der Waals surface area contributed by atoms with Crippen molar-refractivity contribution in [2.45, 2.75) is 26.2 Å². The Morgan fingerprint density at radius 3 is 2.63 bits per heavy atom. The number of ether oxygens (including phenoxy) is 1. The number of nitrogens with zero attached hydrogens (tertiary/aromatic N) is 3. The average molecular weight is 364 g/mol. The van der Waals surface area contributed by atoms with E-state index in [2.05, 4.69) is 15.4 Å². The Morgan fingerprint density at radius 1 is 1.15 bits per heavy atom. The number of pyridine rings is 1. The fraction of sp³-hybridized carbons (Fsp3) is 0.286. The zero-order valence-corrected chi connectivity index (χ0v) is 15.6. The summed E-state index contributed by atoms with van der Waals surface area (Å²) >= 11 is 0. The summed E-state index contributed by atoms with van der Waals surface area (Å²) in [5, 5.41) is 7.33. The van der Waals surface area contributed by atoms with Crippen LogP contribution in [-0.4, -0.2) is 33.8 Å². The van der Waals surface area contributed by atoms with E-state index in [0.29, 0.717) is 24.5 Å². The Morgan fingerprint density at radius 2 is 1.93 bits per heavy atom. The van der Waals surface area contributed by atoms with Gasteiger partial charge < -0.3 is 10.1 Å². The lowest BCUT2D eigenvalue weighted by atomic mass is 10.1. The molecule has 0 atom stereocenters. The van der Waals surface area contributed by atoms with Gasteiger partial charge in [0.1, 0.15) is 5.75 Å².